The number of carbonyl (C=O) groups is 1. The number of para-hydroxylation sites is 1. The van der Waals surface area contributed by atoms with Crippen LogP contribution < -0.4 is 10.1 Å². The molecule has 0 saturated heterocycles. The molecule has 0 aliphatic rings. The van der Waals surface area contributed by atoms with Gasteiger partial charge in [0.05, 0.1) is 13.0 Å². The molecule has 5 nitrogen and oxygen atoms in total. The van der Waals surface area contributed by atoms with Gasteiger partial charge in [0.2, 0.25) is 5.91 Å². The van der Waals surface area contributed by atoms with Crippen molar-refractivity contribution in [2.24, 2.45) is 0 Å². The maximum absolute atomic E-state index is 11.9. The van der Waals surface area contributed by atoms with Crippen molar-refractivity contribution in [2.75, 3.05) is 13.2 Å². The molecule has 2 aromatic carbocycles. The van der Waals surface area contributed by atoms with E-state index in [1.807, 2.05) is 24.3 Å². The largest absolute Gasteiger partial charge is 0.492 e. The minimum atomic E-state index is -0.122. The fourth-order valence-electron chi connectivity index (χ4n) is 2.17. The van der Waals surface area contributed by atoms with Crippen LogP contribution in [0.2, 0.25) is 5.02 Å². The maximum Gasteiger partial charge on any atom is 0.226 e. The quantitative estimate of drug-likeness (QED) is 0.705. The molecule has 1 N–H and O–H groups in total. The van der Waals surface area contributed by atoms with E-state index in [0.29, 0.717) is 35.2 Å². The Morgan fingerprint density at radius 3 is 2.78 bits per heavy atom. The highest BCUT2D eigenvalue weighted by molar-refractivity contribution is 6.30. The second-order valence-corrected chi connectivity index (χ2v) is 5.39. The van der Waals surface area contributed by atoms with Crippen LogP contribution in [-0.4, -0.2) is 24.2 Å². The van der Waals surface area contributed by atoms with Gasteiger partial charge in [-0.25, -0.2) is 0 Å². The van der Waals surface area contributed by atoms with E-state index in [2.05, 4.69) is 10.5 Å². The lowest BCUT2D eigenvalue weighted by Gasteiger charge is -2.07. The van der Waals surface area contributed by atoms with Gasteiger partial charge in [-0.05, 0) is 36.4 Å². The third-order valence-electron chi connectivity index (χ3n) is 3.29. The van der Waals surface area contributed by atoms with Gasteiger partial charge in [0, 0.05) is 10.4 Å². The van der Waals surface area contributed by atoms with Crippen molar-refractivity contribution >= 4 is 28.5 Å². The topological polar surface area (TPSA) is 64.4 Å². The summed E-state index contributed by atoms with van der Waals surface area (Å²) in [6.07, 6.45) is 0.179. The second kappa shape index (κ2) is 7.15. The summed E-state index contributed by atoms with van der Waals surface area (Å²) in [6, 6.07) is 14.5. The lowest BCUT2D eigenvalue weighted by molar-refractivity contribution is -0.120. The molecule has 23 heavy (non-hydrogen) atoms. The number of halogens is 1. The van der Waals surface area contributed by atoms with Gasteiger partial charge in [0.1, 0.15) is 18.1 Å². The Balaban J connectivity index is 1.45. The first-order valence-electron chi connectivity index (χ1n) is 7.21. The van der Waals surface area contributed by atoms with E-state index in [1.54, 1.807) is 24.3 Å². The summed E-state index contributed by atoms with van der Waals surface area (Å²) in [5, 5.41) is 8.25. The Labute approximate surface area is 138 Å². The van der Waals surface area contributed by atoms with Crippen LogP contribution in [0.3, 0.4) is 0 Å². The molecule has 0 atom stereocenters. The summed E-state index contributed by atoms with van der Waals surface area (Å²) in [4.78, 5) is 11.9. The molecule has 1 aromatic heterocycles. The van der Waals surface area contributed by atoms with Gasteiger partial charge in [0.25, 0.3) is 0 Å². The zero-order valence-corrected chi connectivity index (χ0v) is 13.0. The van der Waals surface area contributed by atoms with Gasteiger partial charge >= 0.3 is 0 Å². The van der Waals surface area contributed by atoms with Gasteiger partial charge in [0.15, 0.2) is 5.58 Å². The predicted molar refractivity (Wildman–Crippen MR) is 87.7 cm³/mol. The van der Waals surface area contributed by atoms with Gasteiger partial charge < -0.3 is 14.6 Å². The van der Waals surface area contributed by atoms with Crippen LogP contribution in [0.15, 0.2) is 53.1 Å². The standard InChI is InChI=1S/C17H15ClN2O3/c18-12-5-7-13(8-6-12)22-10-9-19-17(21)11-15-14-3-1-2-4-16(14)23-20-15/h1-8H,9-11H2,(H,19,21). The molecule has 0 saturated carbocycles. The fraction of sp³-hybridized carbons (Fsp3) is 0.176. The van der Waals surface area contributed by atoms with E-state index in [4.69, 9.17) is 20.9 Å². The van der Waals surface area contributed by atoms with Crippen LogP contribution in [0, 0.1) is 0 Å². The average molecular weight is 331 g/mol. The summed E-state index contributed by atoms with van der Waals surface area (Å²) in [5.74, 6) is 0.593. The number of ether oxygens (including phenoxy) is 1. The number of carbonyl (C=O) groups excluding carboxylic acids is 1. The molecular weight excluding hydrogens is 316 g/mol. The minimum Gasteiger partial charge on any atom is -0.492 e. The molecule has 0 aliphatic carbocycles. The first-order valence-corrected chi connectivity index (χ1v) is 7.58. The molecule has 3 rings (SSSR count). The highest BCUT2D eigenvalue weighted by atomic mass is 35.5. The maximum atomic E-state index is 11.9. The second-order valence-electron chi connectivity index (χ2n) is 4.95. The van der Waals surface area contributed by atoms with E-state index in [-0.39, 0.29) is 12.3 Å². The van der Waals surface area contributed by atoms with Crippen LogP contribution in [0.5, 0.6) is 5.75 Å². The molecule has 118 valence electrons. The van der Waals surface area contributed by atoms with Gasteiger partial charge in [-0.15, -0.1) is 0 Å². The van der Waals surface area contributed by atoms with Crippen LogP contribution in [0.4, 0.5) is 0 Å². The Bertz CT molecular complexity index is 799. The van der Waals surface area contributed by atoms with E-state index in [0.717, 1.165) is 5.39 Å². The number of aromatic nitrogens is 1. The molecule has 0 bridgehead atoms. The van der Waals surface area contributed by atoms with Crippen LogP contribution in [-0.2, 0) is 11.2 Å². The summed E-state index contributed by atoms with van der Waals surface area (Å²) in [5.41, 5.74) is 1.32. The average Bonchev–Trinajstić information content (AvgIpc) is 2.96. The normalized spacial score (nSPS) is 10.7. The Morgan fingerprint density at radius 2 is 1.96 bits per heavy atom. The van der Waals surface area contributed by atoms with Crippen molar-refractivity contribution in [3.63, 3.8) is 0 Å². The first kappa shape index (κ1) is 15.4. The minimum absolute atomic E-state index is 0.122. The predicted octanol–water partition coefficient (Wildman–Crippen LogP) is 3.22. The Kier molecular flexibility index (Phi) is 4.78. The first-order chi connectivity index (χ1) is 11.2. The summed E-state index contributed by atoms with van der Waals surface area (Å²) in [6.45, 7) is 0.796. The van der Waals surface area contributed by atoms with Crippen molar-refractivity contribution in [1.29, 1.82) is 0 Å². The lowest BCUT2D eigenvalue weighted by Crippen LogP contribution is -2.29. The molecule has 0 fully saturated rings. The van der Waals surface area contributed by atoms with Gasteiger partial charge in [-0.2, -0.15) is 0 Å². The molecule has 0 unspecified atom stereocenters. The lowest BCUT2D eigenvalue weighted by atomic mass is 10.2. The summed E-state index contributed by atoms with van der Waals surface area (Å²) < 4.78 is 10.7. The number of hydrogen-bond acceptors (Lipinski definition) is 4. The molecule has 0 spiro atoms. The third-order valence-corrected chi connectivity index (χ3v) is 3.54. The van der Waals surface area contributed by atoms with Crippen molar-refractivity contribution in [1.82, 2.24) is 10.5 Å². The molecule has 3 aromatic rings. The number of nitrogens with one attached hydrogen (secondary N) is 1. The number of hydrogen-bond donors (Lipinski definition) is 1. The smallest absolute Gasteiger partial charge is 0.226 e. The third kappa shape index (κ3) is 4.02. The van der Waals surface area contributed by atoms with Crippen molar-refractivity contribution < 1.29 is 14.1 Å². The molecule has 1 heterocycles. The van der Waals surface area contributed by atoms with Crippen LogP contribution in [0.25, 0.3) is 11.0 Å². The fourth-order valence-corrected chi connectivity index (χ4v) is 2.30. The van der Waals surface area contributed by atoms with E-state index in [9.17, 15) is 4.79 Å². The van der Waals surface area contributed by atoms with E-state index < -0.39 is 0 Å². The number of amides is 1. The zero-order valence-electron chi connectivity index (χ0n) is 12.3. The number of fused-ring (bicyclic) bond motifs is 1. The SMILES string of the molecule is O=C(Cc1noc2ccccc12)NCCOc1ccc(Cl)cc1. The number of nitrogens with zero attached hydrogens (tertiary/aromatic N) is 1. The van der Waals surface area contributed by atoms with E-state index >= 15 is 0 Å². The van der Waals surface area contributed by atoms with Crippen molar-refractivity contribution in [2.45, 2.75) is 6.42 Å². The van der Waals surface area contributed by atoms with Gasteiger partial charge in [-0.1, -0.05) is 28.9 Å². The molecule has 0 radical (unpaired) electrons. The van der Waals surface area contributed by atoms with Crippen molar-refractivity contribution in [3.05, 3.63) is 59.2 Å². The van der Waals surface area contributed by atoms with Gasteiger partial charge in [-0.3, -0.25) is 4.79 Å². The number of benzene rings is 2. The highest BCUT2D eigenvalue weighted by Gasteiger charge is 2.11. The van der Waals surface area contributed by atoms with Crippen LogP contribution in [0.1, 0.15) is 5.69 Å². The molecular formula is C17H15ClN2O3. The Morgan fingerprint density at radius 1 is 1.17 bits per heavy atom. The van der Waals surface area contributed by atoms with Crippen molar-refractivity contribution in [3.8, 4) is 5.75 Å². The van der Waals surface area contributed by atoms with E-state index in [1.165, 1.54) is 0 Å². The molecule has 1 amide bonds. The van der Waals surface area contributed by atoms with Crippen LogP contribution >= 0.6 is 11.6 Å². The Hall–Kier alpha value is -2.53. The highest BCUT2D eigenvalue weighted by Crippen LogP contribution is 2.18. The molecule has 6 heteroatoms. The summed E-state index contributed by atoms with van der Waals surface area (Å²) >= 11 is 5.80. The number of rotatable bonds is 6. The summed E-state index contributed by atoms with van der Waals surface area (Å²) in [7, 11) is 0. The zero-order chi connectivity index (χ0) is 16.1. The molecule has 0 aliphatic heterocycles. The monoisotopic (exact) mass is 330 g/mol.